The predicted octanol–water partition coefficient (Wildman–Crippen LogP) is 5.07. The van der Waals surface area contributed by atoms with E-state index >= 15 is 0 Å². The molecule has 1 heterocycles. The first-order valence-corrected chi connectivity index (χ1v) is 9.94. The normalized spacial score (nSPS) is 10.8. The van der Waals surface area contributed by atoms with Crippen molar-refractivity contribution in [1.29, 1.82) is 0 Å². The summed E-state index contributed by atoms with van der Waals surface area (Å²) in [7, 11) is 0. The Morgan fingerprint density at radius 2 is 1.88 bits per heavy atom. The highest BCUT2D eigenvalue weighted by Crippen LogP contribution is 2.20. The molecule has 0 radical (unpaired) electrons. The fourth-order valence-corrected chi connectivity index (χ4v) is 3.33. The summed E-state index contributed by atoms with van der Waals surface area (Å²) in [5, 5.41) is 2.96. The zero-order valence-electron chi connectivity index (χ0n) is 14.2. The third-order valence-electron chi connectivity index (χ3n) is 4.03. The van der Waals surface area contributed by atoms with E-state index in [1.54, 1.807) is 12.1 Å². The first kappa shape index (κ1) is 18.9. The number of halogens is 2. The van der Waals surface area contributed by atoms with Crippen molar-refractivity contribution in [3.8, 4) is 0 Å². The Kier molecular flexibility index (Phi) is 6.27. The second-order valence-electron chi connectivity index (χ2n) is 5.99. The fourth-order valence-electron chi connectivity index (χ4n) is 2.82. The molecule has 0 saturated carbocycles. The molecule has 4 nitrogen and oxygen atoms in total. The summed E-state index contributed by atoms with van der Waals surface area (Å²) >= 11 is 6.82. The van der Waals surface area contributed by atoms with Crippen molar-refractivity contribution in [2.24, 2.45) is 0 Å². The van der Waals surface area contributed by atoms with Crippen molar-refractivity contribution < 1.29 is 4.79 Å². The van der Waals surface area contributed by atoms with Crippen LogP contribution in [0.2, 0.25) is 0 Å². The average molecular weight is 477 g/mol. The van der Waals surface area contributed by atoms with Gasteiger partial charge in [-0.1, -0.05) is 50.6 Å². The van der Waals surface area contributed by atoms with Crippen LogP contribution in [0.4, 0.5) is 0 Å². The Bertz CT molecular complexity index is 932. The quantitative estimate of drug-likeness (QED) is 0.484. The highest BCUT2D eigenvalue weighted by Gasteiger charge is 2.11. The molecule has 0 fully saturated rings. The smallest absolute Gasteiger partial charge is 0.251 e. The van der Waals surface area contributed by atoms with E-state index in [1.165, 1.54) is 0 Å². The highest BCUT2D eigenvalue weighted by atomic mass is 79.9. The molecule has 2 aromatic carbocycles. The Morgan fingerprint density at radius 3 is 2.62 bits per heavy atom. The average Bonchev–Trinajstić information content (AvgIpc) is 2.96. The second kappa shape index (κ2) is 8.64. The van der Waals surface area contributed by atoms with Crippen LogP contribution in [0, 0.1) is 0 Å². The number of allylic oxidation sites excluding steroid dienone is 1. The van der Waals surface area contributed by atoms with Crippen LogP contribution in [0.1, 0.15) is 22.6 Å². The van der Waals surface area contributed by atoms with E-state index in [4.69, 9.17) is 4.98 Å². The molecule has 0 spiro atoms. The van der Waals surface area contributed by atoms with Gasteiger partial charge in [0.05, 0.1) is 17.6 Å². The van der Waals surface area contributed by atoms with Gasteiger partial charge < -0.3 is 9.88 Å². The maximum Gasteiger partial charge on any atom is 0.251 e. The van der Waals surface area contributed by atoms with E-state index in [2.05, 4.69) is 54.4 Å². The molecule has 26 heavy (non-hydrogen) atoms. The number of para-hydroxylation sites is 2. The third-order valence-corrected chi connectivity index (χ3v) is 4.81. The highest BCUT2D eigenvalue weighted by molar-refractivity contribution is 9.11. The van der Waals surface area contributed by atoms with Crippen LogP contribution in [0.15, 0.2) is 64.1 Å². The summed E-state index contributed by atoms with van der Waals surface area (Å²) in [6, 6.07) is 15.4. The number of imidazole rings is 1. The molecule has 0 aliphatic rings. The summed E-state index contributed by atoms with van der Waals surface area (Å²) in [5.41, 5.74) is 2.74. The third kappa shape index (κ3) is 4.62. The number of rotatable bonds is 7. The Hall–Kier alpha value is -1.92. The molecule has 1 N–H and O–H groups in total. The molecule has 0 aliphatic carbocycles. The predicted molar refractivity (Wildman–Crippen MR) is 113 cm³/mol. The van der Waals surface area contributed by atoms with Crippen molar-refractivity contribution in [1.82, 2.24) is 14.9 Å². The molecule has 1 aromatic heterocycles. The lowest BCUT2D eigenvalue weighted by atomic mass is 10.2. The van der Waals surface area contributed by atoms with Gasteiger partial charge in [-0.3, -0.25) is 4.79 Å². The molecule has 134 valence electrons. The van der Waals surface area contributed by atoms with E-state index < -0.39 is 0 Å². The second-order valence-corrected chi connectivity index (χ2v) is 8.02. The van der Waals surface area contributed by atoms with Gasteiger partial charge in [0.15, 0.2) is 0 Å². The fraction of sp³-hybridized carbons (Fsp3) is 0.200. The number of amides is 1. The number of carbonyl (C=O) groups is 1. The zero-order valence-corrected chi connectivity index (χ0v) is 17.4. The van der Waals surface area contributed by atoms with Gasteiger partial charge in [0.1, 0.15) is 5.82 Å². The number of nitrogens with zero attached hydrogens (tertiary/aromatic N) is 2. The van der Waals surface area contributed by atoms with Gasteiger partial charge in [0, 0.05) is 27.5 Å². The van der Waals surface area contributed by atoms with E-state index in [0.717, 1.165) is 38.7 Å². The molecular weight excluding hydrogens is 458 g/mol. The van der Waals surface area contributed by atoms with Crippen molar-refractivity contribution in [3.63, 3.8) is 0 Å². The topological polar surface area (TPSA) is 46.9 Å². The van der Waals surface area contributed by atoms with E-state index in [9.17, 15) is 4.79 Å². The van der Waals surface area contributed by atoms with E-state index in [-0.39, 0.29) is 5.91 Å². The Morgan fingerprint density at radius 1 is 1.15 bits per heavy atom. The number of nitrogens with one attached hydrogen (secondary N) is 1. The summed E-state index contributed by atoms with van der Waals surface area (Å²) in [6.45, 7) is 5.23. The molecular formula is C20H19Br2N3O. The molecule has 3 rings (SSSR count). The number of hydrogen-bond acceptors (Lipinski definition) is 2. The number of benzene rings is 2. The van der Waals surface area contributed by atoms with Gasteiger partial charge in [0.2, 0.25) is 0 Å². The molecule has 3 aromatic rings. The maximum absolute atomic E-state index is 12.2. The lowest BCUT2D eigenvalue weighted by Gasteiger charge is -2.09. The minimum atomic E-state index is -0.0557. The van der Waals surface area contributed by atoms with Crippen molar-refractivity contribution in [2.45, 2.75) is 19.4 Å². The monoisotopic (exact) mass is 475 g/mol. The molecule has 1 amide bonds. The SMILES string of the molecule is C=C(Br)Cn1c(CCCNC(=O)c2ccc(Br)cc2)nc2ccccc21. The molecule has 0 bridgehead atoms. The number of aromatic nitrogens is 2. The Labute approximate surface area is 169 Å². The van der Waals surface area contributed by atoms with Crippen LogP contribution in [-0.2, 0) is 13.0 Å². The van der Waals surface area contributed by atoms with Crippen molar-refractivity contribution in [3.05, 3.63) is 75.5 Å². The van der Waals surface area contributed by atoms with Crippen LogP contribution >= 0.6 is 31.9 Å². The molecule has 6 heteroatoms. The lowest BCUT2D eigenvalue weighted by molar-refractivity contribution is 0.0953. The lowest BCUT2D eigenvalue weighted by Crippen LogP contribution is -2.25. The van der Waals surface area contributed by atoms with Crippen LogP contribution < -0.4 is 5.32 Å². The number of hydrogen-bond donors (Lipinski definition) is 1. The number of fused-ring (bicyclic) bond motifs is 1. The zero-order chi connectivity index (χ0) is 18.5. The summed E-state index contributed by atoms with van der Waals surface area (Å²) in [4.78, 5) is 16.9. The van der Waals surface area contributed by atoms with Gasteiger partial charge in [-0.05, 0) is 42.8 Å². The maximum atomic E-state index is 12.2. The first-order valence-electron chi connectivity index (χ1n) is 8.36. The Balaban J connectivity index is 1.61. The van der Waals surface area contributed by atoms with Gasteiger partial charge in [-0.25, -0.2) is 4.98 Å². The molecule has 0 aliphatic heterocycles. The van der Waals surface area contributed by atoms with Crippen LogP contribution in [-0.4, -0.2) is 22.0 Å². The first-order chi connectivity index (χ1) is 12.5. The van der Waals surface area contributed by atoms with E-state index in [0.29, 0.717) is 18.7 Å². The summed E-state index contributed by atoms with van der Waals surface area (Å²) in [5.74, 6) is 0.949. The van der Waals surface area contributed by atoms with Crippen molar-refractivity contribution >= 4 is 48.8 Å². The van der Waals surface area contributed by atoms with E-state index in [1.807, 2.05) is 30.3 Å². The van der Waals surface area contributed by atoms with Crippen molar-refractivity contribution in [2.75, 3.05) is 6.54 Å². The van der Waals surface area contributed by atoms with Gasteiger partial charge in [-0.2, -0.15) is 0 Å². The van der Waals surface area contributed by atoms with Crippen LogP contribution in [0.3, 0.4) is 0 Å². The number of carbonyl (C=O) groups excluding carboxylic acids is 1. The summed E-state index contributed by atoms with van der Waals surface area (Å²) in [6.07, 6.45) is 1.61. The summed E-state index contributed by atoms with van der Waals surface area (Å²) < 4.78 is 4.04. The van der Waals surface area contributed by atoms with Gasteiger partial charge in [0.25, 0.3) is 5.91 Å². The molecule has 0 atom stereocenters. The minimum Gasteiger partial charge on any atom is -0.352 e. The molecule has 0 saturated heterocycles. The van der Waals surface area contributed by atoms with Gasteiger partial charge in [-0.15, -0.1) is 0 Å². The minimum absolute atomic E-state index is 0.0557. The van der Waals surface area contributed by atoms with Crippen LogP contribution in [0.25, 0.3) is 11.0 Å². The number of aryl methyl sites for hydroxylation is 1. The largest absolute Gasteiger partial charge is 0.352 e. The van der Waals surface area contributed by atoms with Gasteiger partial charge >= 0.3 is 0 Å². The molecule has 0 unspecified atom stereocenters. The standard InChI is InChI=1S/C20H19Br2N3O/c1-14(21)13-25-18-6-3-2-5-17(18)24-19(25)7-4-12-23-20(26)15-8-10-16(22)11-9-15/h2-3,5-6,8-11H,1,4,7,12-13H2,(H,23,26). The van der Waals surface area contributed by atoms with Crippen LogP contribution in [0.5, 0.6) is 0 Å².